The van der Waals surface area contributed by atoms with Gasteiger partial charge in [-0.3, -0.25) is 4.90 Å². The molecule has 0 aliphatic carbocycles. The molecule has 2 unspecified atom stereocenters. The van der Waals surface area contributed by atoms with Gasteiger partial charge in [0.15, 0.2) is 0 Å². The molecule has 17 heavy (non-hydrogen) atoms. The van der Waals surface area contributed by atoms with Gasteiger partial charge < -0.3 is 0 Å². The Kier molecular flexibility index (Phi) is 4.29. The predicted molar refractivity (Wildman–Crippen MR) is 70.1 cm³/mol. The van der Waals surface area contributed by atoms with E-state index in [0.29, 0.717) is 23.0 Å². The van der Waals surface area contributed by atoms with E-state index in [0.717, 1.165) is 19.5 Å². The standard InChI is InChI=1S/C13H16Cl2FN/c1-9-5-6-17(8-12(9)15)7-10-11(14)3-2-4-13(10)16/h2-4,9,12H,5-8H2,1H3. The van der Waals surface area contributed by atoms with Crippen LogP contribution in [0.1, 0.15) is 18.9 Å². The van der Waals surface area contributed by atoms with Gasteiger partial charge in [-0.15, -0.1) is 11.6 Å². The number of halogens is 3. The smallest absolute Gasteiger partial charge is 0.129 e. The molecule has 94 valence electrons. The van der Waals surface area contributed by atoms with Crippen molar-refractivity contribution >= 4 is 23.2 Å². The Morgan fingerprint density at radius 1 is 1.47 bits per heavy atom. The lowest BCUT2D eigenvalue weighted by Gasteiger charge is -2.34. The van der Waals surface area contributed by atoms with Gasteiger partial charge in [-0.1, -0.05) is 24.6 Å². The molecule has 1 aromatic carbocycles. The number of hydrogen-bond donors (Lipinski definition) is 0. The quantitative estimate of drug-likeness (QED) is 0.740. The van der Waals surface area contributed by atoms with E-state index in [1.54, 1.807) is 12.1 Å². The second-order valence-corrected chi connectivity index (χ2v) is 5.69. The maximum absolute atomic E-state index is 13.6. The van der Waals surface area contributed by atoms with Gasteiger partial charge in [0.05, 0.1) is 0 Å². The van der Waals surface area contributed by atoms with Crippen molar-refractivity contribution in [3.63, 3.8) is 0 Å². The summed E-state index contributed by atoms with van der Waals surface area (Å²) in [6, 6.07) is 4.81. The van der Waals surface area contributed by atoms with E-state index in [2.05, 4.69) is 11.8 Å². The average Bonchev–Trinajstić information content (AvgIpc) is 2.28. The summed E-state index contributed by atoms with van der Waals surface area (Å²) in [4.78, 5) is 2.17. The summed E-state index contributed by atoms with van der Waals surface area (Å²) < 4.78 is 13.6. The Labute approximate surface area is 112 Å². The topological polar surface area (TPSA) is 3.24 Å². The van der Waals surface area contributed by atoms with Gasteiger partial charge in [-0.25, -0.2) is 4.39 Å². The molecule has 1 fully saturated rings. The fourth-order valence-corrected chi connectivity index (χ4v) is 2.68. The molecule has 0 amide bonds. The number of nitrogens with zero attached hydrogens (tertiary/aromatic N) is 1. The second-order valence-electron chi connectivity index (χ2n) is 4.72. The fraction of sp³-hybridized carbons (Fsp3) is 0.538. The highest BCUT2D eigenvalue weighted by Crippen LogP contribution is 2.26. The van der Waals surface area contributed by atoms with E-state index in [1.165, 1.54) is 6.07 Å². The number of rotatable bonds is 2. The highest BCUT2D eigenvalue weighted by Gasteiger charge is 2.25. The van der Waals surface area contributed by atoms with Gasteiger partial charge in [-0.2, -0.15) is 0 Å². The minimum atomic E-state index is -0.234. The average molecular weight is 276 g/mol. The number of piperidine rings is 1. The van der Waals surface area contributed by atoms with Gasteiger partial charge >= 0.3 is 0 Å². The van der Waals surface area contributed by atoms with E-state index >= 15 is 0 Å². The molecule has 0 aromatic heterocycles. The van der Waals surface area contributed by atoms with Crippen LogP contribution in [0.25, 0.3) is 0 Å². The van der Waals surface area contributed by atoms with Gasteiger partial charge in [0.25, 0.3) is 0 Å². The Morgan fingerprint density at radius 2 is 2.24 bits per heavy atom. The van der Waals surface area contributed by atoms with Crippen molar-refractivity contribution in [2.45, 2.75) is 25.3 Å². The Morgan fingerprint density at radius 3 is 2.88 bits per heavy atom. The molecule has 1 aliphatic rings. The third-order valence-electron chi connectivity index (χ3n) is 3.39. The van der Waals surface area contributed by atoms with Crippen LogP contribution in [0, 0.1) is 11.7 Å². The van der Waals surface area contributed by atoms with E-state index in [9.17, 15) is 4.39 Å². The van der Waals surface area contributed by atoms with Crippen LogP contribution in [0.4, 0.5) is 4.39 Å². The summed E-state index contributed by atoms with van der Waals surface area (Å²) in [6.07, 6.45) is 1.06. The van der Waals surface area contributed by atoms with Crippen LogP contribution >= 0.6 is 23.2 Å². The number of alkyl halides is 1. The van der Waals surface area contributed by atoms with Crippen molar-refractivity contribution in [1.29, 1.82) is 0 Å². The molecular weight excluding hydrogens is 260 g/mol. The van der Waals surface area contributed by atoms with Gasteiger partial charge in [0.1, 0.15) is 5.82 Å². The van der Waals surface area contributed by atoms with Crippen LogP contribution in [0.2, 0.25) is 5.02 Å². The third-order valence-corrected chi connectivity index (χ3v) is 4.32. The van der Waals surface area contributed by atoms with Crippen molar-refractivity contribution in [3.8, 4) is 0 Å². The molecule has 1 aromatic rings. The molecule has 0 spiro atoms. The summed E-state index contributed by atoms with van der Waals surface area (Å²) in [7, 11) is 0. The largest absolute Gasteiger partial charge is 0.297 e. The van der Waals surface area contributed by atoms with Crippen LogP contribution in [-0.2, 0) is 6.54 Å². The summed E-state index contributed by atoms with van der Waals surface area (Å²) in [5, 5.41) is 0.643. The Bertz CT molecular complexity index is 377. The number of hydrogen-bond acceptors (Lipinski definition) is 1. The first-order valence-electron chi connectivity index (χ1n) is 5.87. The highest BCUT2D eigenvalue weighted by atomic mass is 35.5. The zero-order valence-corrected chi connectivity index (χ0v) is 11.3. The summed E-state index contributed by atoms with van der Waals surface area (Å²) in [5.41, 5.74) is 0.576. The molecule has 0 radical (unpaired) electrons. The molecular formula is C13H16Cl2FN. The van der Waals surface area contributed by atoms with Crippen LogP contribution in [0.5, 0.6) is 0 Å². The van der Waals surface area contributed by atoms with E-state index in [-0.39, 0.29) is 11.2 Å². The van der Waals surface area contributed by atoms with E-state index in [4.69, 9.17) is 23.2 Å². The van der Waals surface area contributed by atoms with E-state index in [1.807, 2.05) is 0 Å². The third kappa shape index (κ3) is 3.12. The monoisotopic (exact) mass is 275 g/mol. The normalized spacial score (nSPS) is 26.1. The summed E-state index contributed by atoms with van der Waals surface area (Å²) >= 11 is 12.3. The lowest BCUT2D eigenvalue weighted by Crippen LogP contribution is -2.40. The van der Waals surface area contributed by atoms with Crippen LogP contribution in [0.3, 0.4) is 0 Å². The maximum atomic E-state index is 13.6. The van der Waals surface area contributed by atoms with Gasteiger partial charge in [0.2, 0.25) is 0 Å². The lowest BCUT2D eigenvalue weighted by atomic mass is 9.98. The van der Waals surface area contributed by atoms with Crippen molar-refractivity contribution in [1.82, 2.24) is 4.90 Å². The summed E-state index contributed by atoms with van der Waals surface area (Å²) in [5.74, 6) is 0.297. The summed E-state index contributed by atoms with van der Waals surface area (Å²) in [6.45, 7) is 4.45. The van der Waals surface area contributed by atoms with Crippen LogP contribution in [-0.4, -0.2) is 23.4 Å². The van der Waals surface area contributed by atoms with Crippen LogP contribution in [0.15, 0.2) is 18.2 Å². The molecule has 2 atom stereocenters. The number of likely N-dealkylation sites (tertiary alicyclic amines) is 1. The lowest BCUT2D eigenvalue weighted by molar-refractivity contribution is 0.187. The maximum Gasteiger partial charge on any atom is 0.129 e. The molecule has 0 bridgehead atoms. The van der Waals surface area contributed by atoms with Crippen molar-refractivity contribution in [2.75, 3.05) is 13.1 Å². The van der Waals surface area contributed by atoms with Crippen LogP contribution < -0.4 is 0 Å². The zero-order chi connectivity index (χ0) is 12.4. The Hall–Kier alpha value is -0.310. The van der Waals surface area contributed by atoms with Gasteiger partial charge in [-0.05, 0) is 31.0 Å². The fourth-order valence-electron chi connectivity index (χ4n) is 2.14. The first kappa shape index (κ1) is 13.1. The van der Waals surface area contributed by atoms with Crippen molar-refractivity contribution in [3.05, 3.63) is 34.6 Å². The first-order chi connectivity index (χ1) is 8.08. The molecule has 0 N–H and O–H groups in total. The Balaban J connectivity index is 2.06. The van der Waals surface area contributed by atoms with E-state index < -0.39 is 0 Å². The highest BCUT2D eigenvalue weighted by molar-refractivity contribution is 6.31. The predicted octanol–water partition coefficient (Wildman–Crippen LogP) is 3.93. The second kappa shape index (κ2) is 5.55. The minimum absolute atomic E-state index is 0.147. The molecule has 1 saturated heterocycles. The minimum Gasteiger partial charge on any atom is -0.297 e. The SMILES string of the molecule is CC1CCN(Cc2c(F)cccc2Cl)CC1Cl. The molecule has 1 heterocycles. The molecule has 0 saturated carbocycles. The molecule has 4 heteroatoms. The number of benzene rings is 1. The molecule has 1 aliphatic heterocycles. The zero-order valence-electron chi connectivity index (χ0n) is 9.80. The molecule has 2 rings (SSSR count). The first-order valence-corrected chi connectivity index (χ1v) is 6.68. The van der Waals surface area contributed by atoms with Crippen molar-refractivity contribution in [2.24, 2.45) is 5.92 Å². The van der Waals surface area contributed by atoms with Crippen molar-refractivity contribution < 1.29 is 4.39 Å². The van der Waals surface area contributed by atoms with Gasteiger partial charge in [0, 0.05) is 29.1 Å². The molecule has 1 nitrogen and oxygen atoms in total.